The predicted octanol–water partition coefficient (Wildman–Crippen LogP) is 3.57. The lowest BCUT2D eigenvalue weighted by molar-refractivity contribution is 0.0507. The van der Waals surface area contributed by atoms with Crippen LogP contribution in [0.3, 0.4) is 0 Å². The number of aromatic nitrogens is 2. The summed E-state index contributed by atoms with van der Waals surface area (Å²) in [4.78, 5) is 32.9. The average Bonchev–Trinajstić information content (AvgIpc) is 3.00. The van der Waals surface area contributed by atoms with Crippen molar-refractivity contribution in [2.75, 3.05) is 13.2 Å². The van der Waals surface area contributed by atoms with Crippen LogP contribution >= 0.6 is 0 Å². The van der Waals surface area contributed by atoms with Gasteiger partial charge in [0.2, 0.25) is 0 Å². The average molecular weight is 343 g/mol. The third kappa shape index (κ3) is 3.83. The second-order valence-electron chi connectivity index (χ2n) is 4.76. The van der Waals surface area contributed by atoms with E-state index in [0.717, 1.165) is 5.56 Å². The molecule has 0 N–H and O–H groups in total. The van der Waals surface area contributed by atoms with E-state index in [-0.39, 0.29) is 42.4 Å². The number of aryl methyl sites for hydroxylation is 1. The predicted molar refractivity (Wildman–Crippen MR) is 87.2 cm³/mol. The summed E-state index contributed by atoms with van der Waals surface area (Å²) in [7, 11) is 0. The van der Waals surface area contributed by atoms with Crippen molar-refractivity contribution in [1.82, 2.24) is 9.38 Å². The third-order valence-corrected chi connectivity index (χ3v) is 3.30. The molecule has 2 rings (SSSR count). The molecule has 0 atom stereocenters. The molecule has 0 bridgehead atoms. The highest BCUT2D eigenvalue weighted by molar-refractivity contribution is 5.91. The number of nitrogens with zero attached hydrogens (tertiary/aromatic N) is 9. The Bertz CT molecular complexity index is 907. The summed E-state index contributed by atoms with van der Waals surface area (Å²) in [5, 5.41) is 9.63. The summed E-state index contributed by atoms with van der Waals surface area (Å²) in [5.41, 5.74) is 17.9. The van der Waals surface area contributed by atoms with Gasteiger partial charge in [-0.15, -0.1) is 4.91 Å². The van der Waals surface area contributed by atoms with Gasteiger partial charge in [0.25, 0.3) is 0 Å². The highest BCUT2D eigenvalue weighted by atomic mass is 16.5. The lowest BCUT2D eigenvalue weighted by Crippen LogP contribution is -2.13. The van der Waals surface area contributed by atoms with Crippen molar-refractivity contribution < 1.29 is 9.53 Å². The summed E-state index contributed by atoms with van der Waals surface area (Å²) in [6.07, 6.45) is 2.24. The fourth-order valence-corrected chi connectivity index (χ4v) is 2.21. The van der Waals surface area contributed by atoms with Gasteiger partial charge in [0.1, 0.15) is 0 Å². The topological polar surface area (TPSA) is 171 Å². The summed E-state index contributed by atoms with van der Waals surface area (Å²) >= 11 is 0. The maximum absolute atomic E-state index is 12.4. The van der Waals surface area contributed by atoms with Gasteiger partial charge in [-0.2, -0.15) is 0 Å². The molecule has 0 spiro atoms. The molecular weight excluding hydrogens is 330 g/mol. The first kappa shape index (κ1) is 17.7. The van der Waals surface area contributed by atoms with Crippen LogP contribution < -0.4 is 0 Å². The first-order chi connectivity index (χ1) is 12.2. The SMILES string of the molecule is CCc1cc(N=O)c2nc(CN=[N+]=[N-])c(C(=O)OCCN=[N+]=[N-])n2c1. The number of ether oxygens (including phenoxy) is 1. The van der Waals surface area contributed by atoms with Gasteiger partial charge in [-0.05, 0) is 34.3 Å². The van der Waals surface area contributed by atoms with Crippen LogP contribution in [0.25, 0.3) is 26.5 Å². The van der Waals surface area contributed by atoms with Crippen LogP contribution in [-0.2, 0) is 17.7 Å². The Labute approximate surface area is 140 Å². The summed E-state index contributed by atoms with van der Waals surface area (Å²) in [6.45, 7) is 1.54. The standard InChI is InChI=1S/C13H13N9O3/c1-2-8-5-9(19-24)12-18-10(6-17-21-15)11(22(12)7-8)13(23)25-4-3-16-20-14/h5,7H,2-4,6H2,1H3. The smallest absolute Gasteiger partial charge is 0.357 e. The van der Waals surface area contributed by atoms with Crippen molar-refractivity contribution in [3.8, 4) is 0 Å². The van der Waals surface area contributed by atoms with Gasteiger partial charge in [-0.3, -0.25) is 4.40 Å². The van der Waals surface area contributed by atoms with E-state index in [2.05, 4.69) is 30.2 Å². The van der Waals surface area contributed by atoms with Crippen molar-refractivity contribution in [3.05, 3.63) is 55.0 Å². The van der Waals surface area contributed by atoms with Gasteiger partial charge in [-0.25, -0.2) is 9.78 Å². The number of pyridine rings is 1. The molecule has 2 aromatic heterocycles. The van der Waals surface area contributed by atoms with Gasteiger partial charge in [-0.1, -0.05) is 17.2 Å². The molecule has 0 amide bonds. The van der Waals surface area contributed by atoms with E-state index < -0.39 is 5.97 Å². The van der Waals surface area contributed by atoms with E-state index >= 15 is 0 Å². The van der Waals surface area contributed by atoms with Crippen LogP contribution in [0.1, 0.15) is 28.7 Å². The Balaban J connectivity index is 2.56. The molecule has 25 heavy (non-hydrogen) atoms. The molecule has 0 aliphatic carbocycles. The van der Waals surface area contributed by atoms with Gasteiger partial charge in [0.15, 0.2) is 17.0 Å². The van der Waals surface area contributed by atoms with Crippen molar-refractivity contribution in [2.24, 2.45) is 15.4 Å². The zero-order chi connectivity index (χ0) is 18.2. The van der Waals surface area contributed by atoms with Gasteiger partial charge >= 0.3 is 5.97 Å². The van der Waals surface area contributed by atoms with E-state index in [1.807, 2.05) is 6.92 Å². The molecule has 0 aliphatic heterocycles. The number of carbonyl (C=O) groups excluding carboxylic acids is 1. The van der Waals surface area contributed by atoms with Crippen LogP contribution in [-0.4, -0.2) is 28.5 Å². The fraction of sp³-hybridized carbons (Fsp3) is 0.385. The number of fused-ring (bicyclic) bond motifs is 1. The zero-order valence-electron chi connectivity index (χ0n) is 13.2. The lowest BCUT2D eigenvalue weighted by Gasteiger charge is -2.06. The molecule has 0 fully saturated rings. The number of nitroso groups, excluding NO2 is 1. The number of azide groups is 2. The molecule has 12 nitrogen and oxygen atoms in total. The van der Waals surface area contributed by atoms with E-state index in [9.17, 15) is 9.70 Å². The zero-order valence-corrected chi connectivity index (χ0v) is 13.2. The van der Waals surface area contributed by atoms with Crippen LogP contribution in [0.15, 0.2) is 27.7 Å². The quantitative estimate of drug-likeness (QED) is 0.178. The Morgan fingerprint density at radius 2 is 2.12 bits per heavy atom. The molecule has 0 saturated heterocycles. The summed E-state index contributed by atoms with van der Waals surface area (Å²) in [6, 6.07) is 1.57. The highest BCUT2D eigenvalue weighted by Gasteiger charge is 2.22. The fourth-order valence-electron chi connectivity index (χ4n) is 2.21. The summed E-state index contributed by atoms with van der Waals surface area (Å²) < 4.78 is 6.45. The molecule has 2 aromatic rings. The maximum Gasteiger partial charge on any atom is 0.357 e. The highest BCUT2D eigenvalue weighted by Crippen LogP contribution is 2.26. The normalized spacial score (nSPS) is 9.96. The molecule has 0 radical (unpaired) electrons. The Morgan fingerprint density at radius 3 is 2.76 bits per heavy atom. The largest absolute Gasteiger partial charge is 0.461 e. The molecule has 0 aromatic carbocycles. The molecular formula is C13H13N9O3. The van der Waals surface area contributed by atoms with Crippen LogP contribution in [0.5, 0.6) is 0 Å². The van der Waals surface area contributed by atoms with Crippen molar-refractivity contribution in [3.63, 3.8) is 0 Å². The number of carbonyl (C=O) groups is 1. The molecule has 128 valence electrons. The number of imidazole rings is 1. The minimum Gasteiger partial charge on any atom is -0.461 e. The minimum absolute atomic E-state index is 0.0218. The first-order valence-electron chi connectivity index (χ1n) is 7.22. The molecule has 0 saturated carbocycles. The Hall–Kier alpha value is -3.62. The number of esters is 1. The van der Waals surface area contributed by atoms with Crippen molar-refractivity contribution in [1.29, 1.82) is 0 Å². The Morgan fingerprint density at radius 1 is 1.36 bits per heavy atom. The van der Waals surface area contributed by atoms with Gasteiger partial charge in [0, 0.05) is 16.0 Å². The lowest BCUT2D eigenvalue weighted by atomic mass is 10.2. The molecule has 12 heteroatoms. The van der Waals surface area contributed by atoms with E-state index in [4.69, 9.17) is 15.8 Å². The van der Waals surface area contributed by atoms with E-state index in [0.29, 0.717) is 6.42 Å². The number of rotatable bonds is 8. The minimum atomic E-state index is -0.742. The molecule has 2 heterocycles. The van der Waals surface area contributed by atoms with E-state index in [1.54, 1.807) is 12.3 Å². The van der Waals surface area contributed by atoms with Gasteiger partial charge in [0.05, 0.1) is 25.4 Å². The molecule has 0 aliphatic rings. The third-order valence-electron chi connectivity index (χ3n) is 3.30. The number of hydrogen-bond acceptors (Lipinski definition) is 7. The van der Waals surface area contributed by atoms with Crippen LogP contribution in [0.4, 0.5) is 5.69 Å². The van der Waals surface area contributed by atoms with E-state index in [1.165, 1.54) is 4.40 Å². The van der Waals surface area contributed by atoms with Crippen molar-refractivity contribution in [2.45, 2.75) is 19.9 Å². The number of hydrogen-bond donors (Lipinski definition) is 0. The van der Waals surface area contributed by atoms with Gasteiger partial charge < -0.3 is 4.74 Å². The van der Waals surface area contributed by atoms with Crippen molar-refractivity contribution >= 4 is 17.3 Å². The second kappa shape index (κ2) is 8.29. The first-order valence-corrected chi connectivity index (χ1v) is 7.22. The Kier molecular flexibility index (Phi) is 5.88. The van der Waals surface area contributed by atoms with Crippen LogP contribution in [0.2, 0.25) is 0 Å². The second-order valence-corrected chi connectivity index (χ2v) is 4.76. The monoisotopic (exact) mass is 343 g/mol. The summed E-state index contributed by atoms with van der Waals surface area (Å²) in [5.74, 6) is -0.742. The molecule has 0 unspecified atom stereocenters. The van der Waals surface area contributed by atoms with Crippen LogP contribution in [0, 0.1) is 4.91 Å². The maximum atomic E-state index is 12.4.